The summed E-state index contributed by atoms with van der Waals surface area (Å²) in [5, 5.41) is 3.32. The minimum absolute atomic E-state index is 0.105. The van der Waals surface area contributed by atoms with E-state index in [9.17, 15) is 4.79 Å². The van der Waals surface area contributed by atoms with Crippen LogP contribution in [0.2, 0.25) is 0 Å². The lowest BCUT2D eigenvalue weighted by Gasteiger charge is -2.08. The maximum atomic E-state index is 11.3. The average molecular weight is 279 g/mol. The van der Waals surface area contributed by atoms with E-state index in [0.717, 1.165) is 16.9 Å². The number of carbonyl (C=O) groups excluding carboxylic acids is 1. The van der Waals surface area contributed by atoms with Gasteiger partial charge in [-0.3, -0.25) is 4.79 Å². The van der Waals surface area contributed by atoms with Gasteiger partial charge in [-0.15, -0.1) is 0 Å². The van der Waals surface area contributed by atoms with Crippen molar-refractivity contribution in [3.05, 3.63) is 60.2 Å². The zero-order chi connectivity index (χ0) is 14.9. The average Bonchev–Trinajstić information content (AvgIpc) is 2.50. The Morgan fingerprint density at radius 3 is 2.57 bits per heavy atom. The van der Waals surface area contributed by atoms with Crippen molar-refractivity contribution in [1.29, 1.82) is 0 Å². The number of rotatable bonds is 4. The van der Waals surface area contributed by atoms with Crippen molar-refractivity contribution in [3.63, 3.8) is 0 Å². The van der Waals surface area contributed by atoms with Gasteiger partial charge in [0.25, 0.3) is 0 Å². The fourth-order valence-electron chi connectivity index (χ4n) is 1.80. The SMILES string of the molecule is CCOC(=O)CC#Cc1ccccc1Nc1ccccc1. The van der Waals surface area contributed by atoms with E-state index in [0.29, 0.717) is 6.61 Å². The summed E-state index contributed by atoms with van der Waals surface area (Å²) < 4.78 is 4.85. The van der Waals surface area contributed by atoms with Crippen molar-refractivity contribution < 1.29 is 9.53 Å². The molecule has 0 heterocycles. The van der Waals surface area contributed by atoms with Crippen LogP contribution in [0.4, 0.5) is 11.4 Å². The Balaban J connectivity index is 2.10. The number of benzene rings is 2. The summed E-state index contributed by atoms with van der Waals surface area (Å²) >= 11 is 0. The summed E-state index contributed by atoms with van der Waals surface area (Å²) in [5.41, 5.74) is 2.77. The van der Waals surface area contributed by atoms with Gasteiger partial charge >= 0.3 is 5.97 Å². The van der Waals surface area contributed by atoms with Crippen molar-refractivity contribution in [3.8, 4) is 11.8 Å². The van der Waals surface area contributed by atoms with Crippen molar-refractivity contribution in [2.24, 2.45) is 0 Å². The molecule has 0 aliphatic carbocycles. The Hall–Kier alpha value is -2.73. The monoisotopic (exact) mass is 279 g/mol. The molecule has 0 saturated carbocycles. The molecule has 0 unspecified atom stereocenters. The minimum Gasteiger partial charge on any atom is -0.465 e. The predicted octanol–water partition coefficient (Wildman–Crippen LogP) is 3.73. The summed E-state index contributed by atoms with van der Waals surface area (Å²) in [5.74, 6) is 5.56. The first kappa shape index (κ1) is 14.7. The van der Waals surface area contributed by atoms with Gasteiger partial charge in [0.2, 0.25) is 0 Å². The first-order chi connectivity index (χ1) is 10.3. The molecule has 2 rings (SSSR count). The molecular formula is C18H17NO2. The molecule has 0 radical (unpaired) electrons. The Kier molecular flexibility index (Phi) is 5.42. The summed E-state index contributed by atoms with van der Waals surface area (Å²) in [6.45, 7) is 2.16. The maximum Gasteiger partial charge on any atom is 0.317 e. The van der Waals surface area contributed by atoms with Crippen LogP contribution < -0.4 is 5.32 Å². The predicted molar refractivity (Wildman–Crippen MR) is 84.3 cm³/mol. The second-order valence-electron chi connectivity index (χ2n) is 4.32. The molecular weight excluding hydrogens is 262 g/mol. The minimum atomic E-state index is -0.293. The van der Waals surface area contributed by atoms with Crippen molar-refractivity contribution in [2.45, 2.75) is 13.3 Å². The molecule has 0 spiro atoms. The van der Waals surface area contributed by atoms with Crippen molar-refractivity contribution in [2.75, 3.05) is 11.9 Å². The molecule has 0 saturated heterocycles. The van der Waals surface area contributed by atoms with E-state index in [2.05, 4.69) is 17.2 Å². The van der Waals surface area contributed by atoms with E-state index in [1.807, 2.05) is 54.6 Å². The van der Waals surface area contributed by atoms with E-state index in [1.54, 1.807) is 6.92 Å². The first-order valence-electron chi connectivity index (χ1n) is 6.85. The molecule has 3 nitrogen and oxygen atoms in total. The van der Waals surface area contributed by atoms with E-state index in [1.165, 1.54) is 0 Å². The van der Waals surface area contributed by atoms with Gasteiger partial charge in [0, 0.05) is 11.3 Å². The largest absolute Gasteiger partial charge is 0.465 e. The van der Waals surface area contributed by atoms with Gasteiger partial charge in [-0.25, -0.2) is 0 Å². The summed E-state index contributed by atoms with van der Waals surface area (Å²) in [6.07, 6.45) is 0.105. The second-order valence-corrected chi connectivity index (χ2v) is 4.32. The lowest BCUT2D eigenvalue weighted by molar-refractivity contribution is -0.141. The highest BCUT2D eigenvalue weighted by atomic mass is 16.5. The topological polar surface area (TPSA) is 38.3 Å². The standard InChI is InChI=1S/C18H17NO2/c1-2-21-18(20)14-8-10-15-9-6-7-13-17(15)19-16-11-4-3-5-12-16/h3-7,9,11-13,19H,2,14H2,1H3. The molecule has 106 valence electrons. The van der Waals surface area contributed by atoms with Gasteiger partial charge in [-0.05, 0) is 31.2 Å². The highest BCUT2D eigenvalue weighted by Gasteiger charge is 2.00. The number of ether oxygens (including phenoxy) is 1. The van der Waals surface area contributed by atoms with Gasteiger partial charge in [-0.2, -0.15) is 0 Å². The third-order valence-corrected chi connectivity index (χ3v) is 2.74. The third-order valence-electron chi connectivity index (χ3n) is 2.74. The zero-order valence-electron chi connectivity index (χ0n) is 11.9. The summed E-state index contributed by atoms with van der Waals surface area (Å²) in [7, 11) is 0. The molecule has 2 aromatic carbocycles. The molecule has 2 aromatic rings. The Bertz CT molecular complexity index is 654. The molecule has 0 fully saturated rings. The number of hydrogen-bond donors (Lipinski definition) is 1. The number of nitrogens with one attached hydrogen (secondary N) is 1. The highest BCUT2D eigenvalue weighted by Crippen LogP contribution is 2.19. The second kappa shape index (κ2) is 7.76. The van der Waals surface area contributed by atoms with Gasteiger partial charge < -0.3 is 10.1 Å². The zero-order valence-corrected chi connectivity index (χ0v) is 11.9. The van der Waals surface area contributed by atoms with Crippen LogP contribution in [0.5, 0.6) is 0 Å². The highest BCUT2D eigenvalue weighted by molar-refractivity contribution is 5.73. The molecule has 21 heavy (non-hydrogen) atoms. The maximum absolute atomic E-state index is 11.3. The van der Waals surface area contributed by atoms with Crippen LogP contribution in [0.25, 0.3) is 0 Å². The number of anilines is 2. The Morgan fingerprint density at radius 2 is 1.81 bits per heavy atom. The Morgan fingerprint density at radius 1 is 1.10 bits per heavy atom. The lowest BCUT2D eigenvalue weighted by atomic mass is 10.1. The van der Waals surface area contributed by atoms with Crippen molar-refractivity contribution in [1.82, 2.24) is 0 Å². The lowest BCUT2D eigenvalue weighted by Crippen LogP contribution is -2.01. The van der Waals surface area contributed by atoms with Gasteiger partial charge in [0.15, 0.2) is 0 Å². The first-order valence-corrected chi connectivity index (χ1v) is 6.85. The van der Waals surface area contributed by atoms with Crippen LogP contribution in [0.1, 0.15) is 18.9 Å². The van der Waals surface area contributed by atoms with Crippen LogP contribution >= 0.6 is 0 Å². The fourth-order valence-corrected chi connectivity index (χ4v) is 1.80. The van der Waals surface area contributed by atoms with E-state index >= 15 is 0 Å². The fraction of sp³-hybridized carbons (Fsp3) is 0.167. The number of para-hydroxylation sites is 2. The van der Waals surface area contributed by atoms with Gasteiger partial charge in [0.05, 0.1) is 12.3 Å². The molecule has 3 heteroatoms. The van der Waals surface area contributed by atoms with Crippen LogP contribution in [-0.2, 0) is 9.53 Å². The van der Waals surface area contributed by atoms with Crippen molar-refractivity contribution >= 4 is 17.3 Å². The third kappa shape index (κ3) is 4.70. The molecule has 0 atom stereocenters. The number of carbonyl (C=O) groups is 1. The summed E-state index contributed by atoms with van der Waals surface area (Å²) in [6, 6.07) is 17.6. The van der Waals surface area contributed by atoms with Crippen LogP contribution in [-0.4, -0.2) is 12.6 Å². The van der Waals surface area contributed by atoms with E-state index in [4.69, 9.17) is 4.74 Å². The van der Waals surface area contributed by atoms with E-state index < -0.39 is 0 Å². The molecule has 0 amide bonds. The quantitative estimate of drug-likeness (QED) is 0.684. The van der Waals surface area contributed by atoms with Gasteiger partial charge in [-0.1, -0.05) is 42.2 Å². The summed E-state index contributed by atoms with van der Waals surface area (Å²) in [4.78, 5) is 11.3. The Labute approximate surface area is 125 Å². The molecule has 0 aliphatic rings. The molecule has 0 aromatic heterocycles. The molecule has 0 bridgehead atoms. The molecule has 1 N–H and O–H groups in total. The van der Waals surface area contributed by atoms with Crippen LogP contribution in [0.3, 0.4) is 0 Å². The normalized spacial score (nSPS) is 9.38. The number of hydrogen-bond acceptors (Lipinski definition) is 3. The van der Waals surface area contributed by atoms with Crippen LogP contribution in [0, 0.1) is 11.8 Å². The van der Waals surface area contributed by atoms with E-state index in [-0.39, 0.29) is 12.4 Å². The molecule has 0 aliphatic heterocycles. The van der Waals surface area contributed by atoms with Gasteiger partial charge in [0.1, 0.15) is 6.42 Å². The number of esters is 1. The van der Waals surface area contributed by atoms with Crippen LogP contribution in [0.15, 0.2) is 54.6 Å². The smallest absolute Gasteiger partial charge is 0.317 e.